The lowest BCUT2D eigenvalue weighted by Crippen LogP contribution is -2.37. The SMILES string of the molecule is CCOCCOc1ccccc1C(=O)NC(=S)Nc1ccccc1C(=O)N1CCCCC1. The van der Waals surface area contributed by atoms with E-state index in [0.717, 1.165) is 32.4 Å². The van der Waals surface area contributed by atoms with Gasteiger partial charge in [0.2, 0.25) is 0 Å². The van der Waals surface area contributed by atoms with Gasteiger partial charge in [-0.05, 0) is 62.7 Å². The second kappa shape index (κ2) is 12.2. The van der Waals surface area contributed by atoms with Crippen LogP contribution in [0.2, 0.25) is 0 Å². The van der Waals surface area contributed by atoms with Crippen LogP contribution in [-0.2, 0) is 4.74 Å². The topological polar surface area (TPSA) is 79.9 Å². The normalized spacial score (nSPS) is 13.3. The van der Waals surface area contributed by atoms with E-state index in [1.807, 2.05) is 24.0 Å². The minimum atomic E-state index is -0.394. The average molecular weight is 456 g/mol. The minimum absolute atomic E-state index is 0.0324. The largest absolute Gasteiger partial charge is 0.490 e. The number of rotatable bonds is 8. The van der Waals surface area contributed by atoms with Crippen molar-refractivity contribution in [3.05, 3.63) is 59.7 Å². The number of carbonyl (C=O) groups excluding carboxylic acids is 2. The van der Waals surface area contributed by atoms with Crippen molar-refractivity contribution in [2.75, 3.05) is 38.2 Å². The first-order valence-corrected chi connectivity index (χ1v) is 11.3. The number of likely N-dealkylation sites (tertiary alicyclic amines) is 1. The fraction of sp³-hybridized carbons (Fsp3) is 0.375. The van der Waals surface area contributed by atoms with E-state index >= 15 is 0 Å². The van der Waals surface area contributed by atoms with Crippen LogP contribution in [0.5, 0.6) is 5.75 Å². The number of hydrogen-bond acceptors (Lipinski definition) is 5. The molecule has 0 aromatic heterocycles. The first-order valence-electron chi connectivity index (χ1n) is 10.9. The fourth-order valence-electron chi connectivity index (χ4n) is 3.50. The highest BCUT2D eigenvalue weighted by molar-refractivity contribution is 7.80. The van der Waals surface area contributed by atoms with Crippen LogP contribution < -0.4 is 15.4 Å². The van der Waals surface area contributed by atoms with E-state index in [2.05, 4.69) is 10.6 Å². The number of thiocarbonyl (C=S) groups is 1. The van der Waals surface area contributed by atoms with Gasteiger partial charge in [0.1, 0.15) is 12.4 Å². The molecule has 0 aliphatic carbocycles. The molecule has 1 saturated heterocycles. The number of benzene rings is 2. The van der Waals surface area contributed by atoms with Gasteiger partial charge in [-0.15, -0.1) is 0 Å². The molecule has 2 aromatic carbocycles. The second-order valence-corrected chi connectivity index (χ2v) is 7.76. The van der Waals surface area contributed by atoms with E-state index in [9.17, 15) is 9.59 Å². The summed E-state index contributed by atoms with van der Waals surface area (Å²) < 4.78 is 11.0. The summed E-state index contributed by atoms with van der Waals surface area (Å²) in [7, 11) is 0. The molecule has 1 aliphatic rings. The number of carbonyl (C=O) groups is 2. The third kappa shape index (κ3) is 6.51. The van der Waals surface area contributed by atoms with E-state index in [1.54, 1.807) is 36.4 Å². The predicted molar refractivity (Wildman–Crippen MR) is 128 cm³/mol. The molecule has 0 radical (unpaired) electrons. The molecule has 3 rings (SSSR count). The Balaban J connectivity index is 1.64. The zero-order chi connectivity index (χ0) is 22.8. The number of para-hydroxylation sites is 2. The standard InChI is InChI=1S/C24H29N3O4S/c1-2-30-16-17-31-21-13-7-5-11-19(21)22(28)26-24(32)25-20-12-6-4-10-18(20)23(29)27-14-8-3-9-15-27/h4-7,10-13H,2-3,8-9,14-17H2,1H3,(H2,25,26,28,32). The maximum atomic E-state index is 13.0. The third-order valence-electron chi connectivity index (χ3n) is 5.10. The Kier molecular flexibility index (Phi) is 9.01. The molecule has 8 heteroatoms. The van der Waals surface area contributed by atoms with Crippen LogP contribution in [0.3, 0.4) is 0 Å². The Morgan fingerprint density at radius 3 is 2.41 bits per heavy atom. The lowest BCUT2D eigenvalue weighted by molar-refractivity contribution is 0.0725. The van der Waals surface area contributed by atoms with Crippen molar-refractivity contribution < 1.29 is 19.1 Å². The van der Waals surface area contributed by atoms with Gasteiger partial charge < -0.3 is 19.7 Å². The lowest BCUT2D eigenvalue weighted by atomic mass is 10.1. The summed E-state index contributed by atoms with van der Waals surface area (Å²) in [6.45, 7) is 4.81. The van der Waals surface area contributed by atoms with Gasteiger partial charge in [0, 0.05) is 19.7 Å². The predicted octanol–water partition coefficient (Wildman–Crippen LogP) is 3.85. The van der Waals surface area contributed by atoms with E-state index in [0.29, 0.717) is 42.4 Å². The molecule has 0 unspecified atom stereocenters. The van der Waals surface area contributed by atoms with Crippen LogP contribution in [0.25, 0.3) is 0 Å². The quantitative estimate of drug-likeness (QED) is 0.465. The van der Waals surface area contributed by atoms with E-state index in [4.69, 9.17) is 21.7 Å². The van der Waals surface area contributed by atoms with Crippen LogP contribution >= 0.6 is 12.2 Å². The molecule has 2 amide bonds. The average Bonchev–Trinajstić information content (AvgIpc) is 2.82. The van der Waals surface area contributed by atoms with Gasteiger partial charge in [0.25, 0.3) is 11.8 Å². The van der Waals surface area contributed by atoms with E-state index in [-0.39, 0.29) is 11.0 Å². The molecule has 0 saturated carbocycles. The molecule has 7 nitrogen and oxygen atoms in total. The maximum Gasteiger partial charge on any atom is 0.261 e. The number of piperidine rings is 1. The molecule has 2 N–H and O–H groups in total. The summed E-state index contributed by atoms with van der Waals surface area (Å²) >= 11 is 5.35. The molecular formula is C24H29N3O4S. The molecule has 2 aromatic rings. The van der Waals surface area contributed by atoms with Gasteiger partial charge in [0.15, 0.2) is 5.11 Å². The van der Waals surface area contributed by atoms with Gasteiger partial charge in [-0.2, -0.15) is 0 Å². The number of amides is 2. The summed E-state index contributed by atoms with van der Waals surface area (Å²) in [5.41, 5.74) is 1.46. The van der Waals surface area contributed by atoms with Crippen LogP contribution in [0.4, 0.5) is 5.69 Å². The summed E-state index contributed by atoms with van der Waals surface area (Å²) in [5, 5.41) is 5.79. The first-order chi connectivity index (χ1) is 15.6. The lowest BCUT2D eigenvalue weighted by Gasteiger charge is -2.27. The van der Waals surface area contributed by atoms with Crippen LogP contribution in [0.15, 0.2) is 48.5 Å². The molecule has 0 atom stereocenters. The zero-order valence-corrected chi connectivity index (χ0v) is 19.1. The molecule has 0 bridgehead atoms. The Labute approximate surface area is 194 Å². The zero-order valence-electron chi connectivity index (χ0n) is 18.3. The van der Waals surface area contributed by atoms with Crippen molar-refractivity contribution in [2.24, 2.45) is 0 Å². The van der Waals surface area contributed by atoms with E-state index < -0.39 is 5.91 Å². The number of nitrogens with zero attached hydrogens (tertiary/aromatic N) is 1. The number of ether oxygens (including phenoxy) is 2. The monoisotopic (exact) mass is 455 g/mol. The van der Waals surface area contributed by atoms with Crippen molar-refractivity contribution in [1.82, 2.24) is 10.2 Å². The number of hydrogen-bond donors (Lipinski definition) is 2. The van der Waals surface area contributed by atoms with Gasteiger partial charge in [-0.1, -0.05) is 24.3 Å². The maximum absolute atomic E-state index is 13.0. The van der Waals surface area contributed by atoms with Gasteiger partial charge in [-0.25, -0.2) is 0 Å². The highest BCUT2D eigenvalue weighted by Gasteiger charge is 2.21. The Hall–Kier alpha value is -2.97. The van der Waals surface area contributed by atoms with Crippen molar-refractivity contribution in [3.63, 3.8) is 0 Å². The molecule has 1 heterocycles. The third-order valence-corrected chi connectivity index (χ3v) is 5.30. The van der Waals surface area contributed by atoms with Crippen molar-refractivity contribution >= 4 is 34.8 Å². The molecule has 1 fully saturated rings. The molecule has 1 aliphatic heterocycles. The van der Waals surface area contributed by atoms with Gasteiger partial charge in [0.05, 0.1) is 23.4 Å². The summed E-state index contributed by atoms with van der Waals surface area (Å²) in [4.78, 5) is 27.6. The van der Waals surface area contributed by atoms with Gasteiger partial charge in [-0.3, -0.25) is 14.9 Å². The van der Waals surface area contributed by atoms with Gasteiger partial charge >= 0.3 is 0 Å². The molecular weight excluding hydrogens is 426 g/mol. The summed E-state index contributed by atoms with van der Waals surface area (Å²) in [6.07, 6.45) is 3.18. The molecule has 32 heavy (non-hydrogen) atoms. The fourth-order valence-corrected chi connectivity index (χ4v) is 3.71. The van der Waals surface area contributed by atoms with Crippen molar-refractivity contribution in [1.29, 1.82) is 0 Å². The van der Waals surface area contributed by atoms with Crippen molar-refractivity contribution in [2.45, 2.75) is 26.2 Å². The van der Waals surface area contributed by atoms with E-state index in [1.165, 1.54) is 0 Å². The highest BCUT2D eigenvalue weighted by atomic mass is 32.1. The van der Waals surface area contributed by atoms with Crippen molar-refractivity contribution in [3.8, 4) is 5.75 Å². The molecule has 170 valence electrons. The molecule has 0 spiro atoms. The van der Waals surface area contributed by atoms with Crippen LogP contribution in [0, 0.1) is 0 Å². The summed E-state index contributed by atoms with van der Waals surface area (Å²) in [5.74, 6) is 0.0255. The number of anilines is 1. The highest BCUT2D eigenvalue weighted by Crippen LogP contribution is 2.21. The minimum Gasteiger partial charge on any atom is -0.490 e. The Morgan fingerprint density at radius 2 is 1.66 bits per heavy atom. The summed E-state index contributed by atoms with van der Waals surface area (Å²) in [6, 6.07) is 14.1. The second-order valence-electron chi connectivity index (χ2n) is 7.35. The number of nitrogens with one attached hydrogen (secondary N) is 2. The first kappa shape index (κ1) is 23.7. The Morgan fingerprint density at radius 1 is 0.969 bits per heavy atom. The Bertz CT molecular complexity index is 944. The smallest absolute Gasteiger partial charge is 0.261 e. The van der Waals surface area contributed by atoms with Crippen LogP contribution in [-0.4, -0.2) is 54.7 Å². The van der Waals surface area contributed by atoms with Crippen LogP contribution in [0.1, 0.15) is 46.9 Å².